The van der Waals surface area contributed by atoms with E-state index in [1.54, 1.807) is 36.2 Å². The zero-order valence-corrected chi connectivity index (χ0v) is 15.8. The average Bonchev–Trinajstić information content (AvgIpc) is 2.73. The van der Waals surface area contributed by atoms with Crippen LogP contribution in [0.1, 0.15) is 52.8 Å². The van der Waals surface area contributed by atoms with E-state index in [1.807, 2.05) is 0 Å². The van der Waals surface area contributed by atoms with Crippen LogP contribution >= 0.6 is 0 Å². The molecule has 7 heteroatoms. The number of hydrogen-bond donors (Lipinski definition) is 1. The molecule has 7 nitrogen and oxygen atoms in total. The molecule has 3 rings (SSSR count). The second-order valence-corrected chi connectivity index (χ2v) is 7.02. The monoisotopic (exact) mass is 381 g/mol. The van der Waals surface area contributed by atoms with Gasteiger partial charge in [-0.15, -0.1) is 0 Å². The first-order valence-corrected chi connectivity index (χ1v) is 9.39. The number of nitrogens with zero attached hydrogens (tertiary/aromatic N) is 2. The van der Waals surface area contributed by atoms with E-state index in [-0.39, 0.29) is 23.2 Å². The van der Waals surface area contributed by atoms with Gasteiger partial charge in [-0.1, -0.05) is 37.5 Å². The van der Waals surface area contributed by atoms with Gasteiger partial charge in [0, 0.05) is 30.8 Å². The fourth-order valence-corrected chi connectivity index (χ4v) is 3.56. The molecule has 2 aromatic carbocycles. The number of nitro benzene ring substituents is 1. The van der Waals surface area contributed by atoms with Gasteiger partial charge in [0.2, 0.25) is 0 Å². The Balaban J connectivity index is 1.80. The maximum absolute atomic E-state index is 13.0. The summed E-state index contributed by atoms with van der Waals surface area (Å²) < 4.78 is 0. The van der Waals surface area contributed by atoms with Crippen LogP contribution in [0.2, 0.25) is 0 Å². The van der Waals surface area contributed by atoms with Gasteiger partial charge in [0.25, 0.3) is 17.5 Å². The summed E-state index contributed by atoms with van der Waals surface area (Å²) >= 11 is 0. The molecule has 1 aliphatic rings. The van der Waals surface area contributed by atoms with Crippen LogP contribution in [-0.2, 0) is 0 Å². The van der Waals surface area contributed by atoms with Crippen LogP contribution in [0.4, 0.5) is 11.4 Å². The van der Waals surface area contributed by atoms with Crippen molar-refractivity contribution in [3.8, 4) is 0 Å². The summed E-state index contributed by atoms with van der Waals surface area (Å²) in [5.74, 6) is -0.633. The quantitative estimate of drug-likeness (QED) is 0.619. The number of amides is 2. The van der Waals surface area contributed by atoms with E-state index in [1.165, 1.54) is 30.7 Å². The summed E-state index contributed by atoms with van der Waals surface area (Å²) in [4.78, 5) is 37.7. The fourth-order valence-electron chi connectivity index (χ4n) is 3.56. The summed E-state index contributed by atoms with van der Waals surface area (Å²) in [5.41, 5.74) is 0.812. The molecule has 0 heterocycles. The van der Waals surface area contributed by atoms with E-state index in [0.717, 1.165) is 25.7 Å². The smallest absolute Gasteiger partial charge is 0.270 e. The van der Waals surface area contributed by atoms with Crippen LogP contribution < -0.4 is 5.32 Å². The number of nitrogens with one attached hydrogen (secondary N) is 1. The minimum Gasteiger partial charge on any atom is -0.339 e. The third-order valence-corrected chi connectivity index (χ3v) is 5.17. The Bertz CT molecular complexity index is 891. The third-order valence-electron chi connectivity index (χ3n) is 5.17. The largest absolute Gasteiger partial charge is 0.339 e. The Morgan fingerprint density at radius 1 is 1.07 bits per heavy atom. The highest BCUT2D eigenvalue weighted by Gasteiger charge is 2.25. The highest BCUT2D eigenvalue weighted by molar-refractivity contribution is 6.09. The molecule has 1 aliphatic carbocycles. The van der Waals surface area contributed by atoms with Gasteiger partial charge in [0.1, 0.15) is 0 Å². The minimum absolute atomic E-state index is 0.137. The molecule has 1 N–H and O–H groups in total. The van der Waals surface area contributed by atoms with Crippen molar-refractivity contribution < 1.29 is 14.5 Å². The van der Waals surface area contributed by atoms with Gasteiger partial charge in [-0.05, 0) is 31.0 Å². The first kappa shape index (κ1) is 19.5. The predicted molar refractivity (Wildman–Crippen MR) is 106 cm³/mol. The highest BCUT2D eigenvalue weighted by atomic mass is 16.6. The zero-order valence-electron chi connectivity index (χ0n) is 15.8. The Labute approximate surface area is 163 Å². The fraction of sp³-hybridized carbons (Fsp3) is 0.333. The van der Waals surface area contributed by atoms with Gasteiger partial charge in [-0.3, -0.25) is 19.7 Å². The van der Waals surface area contributed by atoms with E-state index in [9.17, 15) is 19.7 Å². The lowest BCUT2D eigenvalue weighted by Gasteiger charge is -2.31. The first-order chi connectivity index (χ1) is 13.5. The molecular weight excluding hydrogens is 358 g/mol. The van der Waals surface area contributed by atoms with Gasteiger partial charge >= 0.3 is 0 Å². The Morgan fingerprint density at radius 3 is 2.50 bits per heavy atom. The number of nitro groups is 1. The SMILES string of the molecule is CN(C(=O)c1ccccc1NC(=O)c1cccc([N+](=O)[O-])c1)C1CCCCC1. The Hall–Kier alpha value is -3.22. The highest BCUT2D eigenvalue weighted by Crippen LogP contribution is 2.25. The number of non-ortho nitro benzene ring substituents is 1. The molecule has 2 aromatic rings. The van der Waals surface area contributed by atoms with Crippen LogP contribution in [0, 0.1) is 10.1 Å². The number of carbonyl (C=O) groups excluding carboxylic acids is 2. The van der Waals surface area contributed by atoms with Crippen molar-refractivity contribution in [2.75, 3.05) is 12.4 Å². The molecule has 0 spiro atoms. The molecule has 28 heavy (non-hydrogen) atoms. The van der Waals surface area contributed by atoms with Crippen LogP contribution in [0.15, 0.2) is 48.5 Å². The van der Waals surface area contributed by atoms with Crippen molar-refractivity contribution in [1.82, 2.24) is 4.90 Å². The molecule has 0 saturated heterocycles. The second-order valence-electron chi connectivity index (χ2n) is 7.02. The van der Waals surface area contributed by atoms with Crippen LogP contribution in [-0.4, -0.2) is 34.7 Å². The summed E-state index contributed by atoms with van der Waals surface area (Å²) in [6.07, 6.45) is 5.42. The van der Waals surface area contributed by atoms with Crippen molar-refractivity contribution in [2.45, 2.75) is 38.1 Å². The summed E-state index contributed by atoms with van der Waals surface area (Å²) in [5, 5.41) is 13.6. The lowest BCUT2D eigenvalue weighted by molar-refractivity contribution is -0.384. The number of hydrogen-bond acceptors (Lipinski definition) is 4. The maximum atomic E-state index is 13.0. The van der Waals surface area contributed by atoms with Gasteiger partial charge in [-0.2, -0.15) is 0 Å². The molecule has 0 unspecified atom stereocenters. The summed E-state index contributed by atoms with van der Waals surface area (Å²) in [6.45, 7) is 0. The first-order valence-electron chi connectivity index (χ1n) is 9.39. The molecule has 0 radical (unpaired) electrons. The number of anilines is 1. The van der Waals surface area contributed by atoms with Crippen LogP contribution in [0.25, 0.3) is 0 Å². The molecule has 0 bridgehead atoms. The maximum Gasteiger partial charge on any atom is 0.270 e. The molecule has 1 saturated carbocycles. The van der Waals surface area contributed by atoms with E-state index < -0.39 is 10.8 Å². The Kier molecular flexibility index (Phi) is 6.03. The molecule has 146 valence electrons. The molecule has 1 fully saturated rings. The average molecular weight is 381 g/mol. The van der Waals surface area contributed by atoms with Crippen molar-refractivity contribution >= 4 is 23.2 Å². The second kappa shape index (κ2) is 8.65. The van der Waals surface area contributed by atoms with Crippen molar-refractivity contribution in [2.24, 2.45) is 0 Å². The summed E-state index contributed by atoms with van der Waals surface area (Å²) in [7, 11) is 1.80. The van der Waals surface area contributed by atoms with E-state index in [4.69, 9.17) is 0 Å². The van der Waals surface area contributed by atoms with Crippen molar-refractivity contribution in [1.29, 1.82) is 0 Å². The normalized spacial score (nSPS) is 14.3. The third kappa shape index (κ3) is 4.36. The number of para-hydroxylation sites is 1. The van der Waals surface area contributed by atoms with Crippen molar-refractivity contribution in [3.63, 3.8) is 0 Å². The number of carbonyl (C=O) groups is 2. The molecule has 2 amide bonds. The molecule has 0 aromatic heterocycles. The van der Waals surface area contributed by atoms with Gasteiger partial charge in [0.05, 0.1) is 16.2 Å². The molecule has 0 atom stereocenters. The lowest BCUT2D eigenvalue weighted by Crippen LogP contribution is -2.38. The summed E-state index contributed by atoms with van der Waals surface area (Å²) in [6, 6.07) is 12.6. The van der Waals surface area contributed by atoms with Crippen LogP contribution in [0.5, 0.6) is 0 Å². The standard InChI is InChI=1S/C21H23N3O4/c1-23(16-9-3-2-4-10-16)21(26)18-12-5-6-13-19(18)22-20(25)15-8-7-11-17(14-15)24(27)28/h5-8,11-14,16H,2-4,9-10H2,1H3,(H,22,25). The van der Waals surface area contributed by atoms with Gasteiger partial charge in [-0.25, -0.2) is 0 Å². The topological polar surface area (TPSA) is 92.6 Å². The van der Waals surface area contributed by atoms with E-state index in [2.05, 4.69) is 5.32 Å². The lowest BCUT2D eigenvalue weighted by atomic mass is 9.94. The van der Waals surface area contributed by atoms with Gasteiger partial charge in [0.15, 0.2) is 0 Å². The van der Waals surface area contributed by atoms with Gasteiger partial charge < -0.3 is 10.2 Å². The Morgan fingerprint density at radius 2 is 1.79 bits per heavy atom. The van der Waals surface area contributed by atoms with E-state index >= 15 is 0 Å². The number of rotatable bonds is 5. The minimum atomic E-state index is -0.548. The number of benzene rings is 2. The predicted octanol–water partition coefficient (Wildman–Crippen LogP) is 4.25. The zero-order chi connectivity index (χ0) is 20.1. The molecule has 0 aliphatic heterocycles. The van der Waals surface area contributed by atoms with Crippen molar-refractivity contribution in [3.05, 3.63) is 69.8 Å². The molecular formula is C21H23N3O4. The van der Waals surface area contributed by atoms with E-state index in [0.29, 0.717) is 11.3 Å². The van der Waals surface area contributed by atoms with Crippen LogP contribution in [0.3, 0.4) is 0 Å².